The lowest BCUT2D eigenvalue weighted by atomic mass is 10.1. The molecule has 1 unspecified atom stereocenters. The molecule has 0 aliphatic carbocycles. The predicted molar refractivity (Wildman–Crippen MR) is 61.0 cm³/mol. The molecule has 0 fully saturated rings. The van der Waals surface area contributed by atoms with Crippen LogP contribution in [-0.2, 0) is 7.05 Å². The summed E-state index contributed by atoms with van der Waals surface area (Å²) in [5.41, 5.74) is 4.12. The van der Waals surface area contributed by atoms with Gasteiger partial charge in [-0.2, -0.15) is 5.10 Å². The van der Waals surface area contributed by atoms with Crippen molar-refractivity contribution in [2.45, 2.75) is 13.0 Å². The summed E-state index contributed by atoms with van der Waals surface area (Å²) in [6.45, 7) is 2.03. The van der Waals surface area contributed by atoms with E-state index in [1.165, 1.54) is 4.88 Å². The second kappa shape index (κ2) is 4.12. The first kappa shape index (κ1) is 10.3. The minimum Gasteiger partial charge on any atom is -0.307 e. The van der Waals surface area contributed by atoms with Gasteiger partial charge >= 0.3 is 0 Å². The van der Waals surface area contributed by atoms with Gasteiger partial charge in [-0.3, -0.25) is 4.68 Å². The fourth-order valence-electron chi connectivity index (χ4n) is 1.67. The average molecular weight is 222 g/mol. The topological polar surface area (TPSA) is 42.7 Å². The first-order valence-corrected chi connectivity index (χ1v) is 5.67. The Kier molecular flexibility index (Phi) is 2.83. The van der Waals surface area contributed by atoms with Gasteiger partial charge in [0.2, 0.25) is 0 Å². The van der Waals surface area contributed by atoms with Gasteiger partial charge in [0.1, 0.15) is 0 Å². The van der Waals surface area contributed by atoms with Gasteiger partial charge in [0.25, 0.3) is 0 Å². The van der Waals surface area contributed by atoms with Crippen LogP contribution in [0.2, 0.25) is 0 Å². The van der Waals surface area contributed by atoms with Gasteiger partial charge in [-0.25, -0.2) is 4.98 Å². The van der Waals surface area contributed by atoms with Crippen molar-refractivity contribution in [3.05, 3.63) is 34.0 Å². The maximum Gasteiger partial charge on any atom is 0.0858 e. The Hall–Kier alpha value is -1.20. The molecule has 2 aromatic heterocycles. The molecule has 0 aliphatic heterocycles. The second-order valence-electron chi connectivity index (χ2n) is 3.40. The van der Waals surface area contributed by atoms with Gasteiger partial charge in [0.15, 0.2) is 0 Å². The number of aromatic nitrogens is 3. The molecule has 0 amide bonds. The van der Waals surface area contributed by atoms with E-state index in [-0.39, 0.29) is 6.04 Å². The number of nitrogens with zero attached hydrogens (tertiary/aromatic N) is 3. The molecular weight excluding hydrogens is 208 g/mol. The highest BCUT2D eigenvalue weighted by Gasteiger charge is 2.18. The monoisotopic (exact) mass is 222 g/mol. The van der Waals surface area contributed by atoms with Crippen molar-refractivity contribution in [1.82, 2.24) is 20.1 Å². The molecule has 5 heteroatoms. The van der Waals surface area contributed by atoms with Crippen LogP contribution in [0.5, 0.6) is 0 Å². The van der Waals surface area contributed by atoms with Crippen LogP contribution in [0, 0.1) is 6.92 Å². The number of thiazole rings is 1. The summed E-state index contributed by atoms with van der Waals surface area (Å²) in [5.74, 6) is 0. The van der Waals surface area contributed by atoms with Crippen molar-refractivity contribution in [1.29, 1.82) is 0 Å². The maximum absolute atomic E-state index is 4.27. The maximum atomic E-state index is 4.27. The Morgan fingerprint density at radius 2 is 2.33 bits per heavy atom. The second-order valence-corrected chi connectivity index (χ2v) is 4.29. The summed E-state index contributed by atoms with van der Waals surface area (Å²) < 4.78 is 1.89. The Bertz CT molecular complexity index is 405. The van der Waals surface area contributed by atoms with Crippen LogP contribution < -0.4 is 5.32 Å². The molecule has 2 heterocycles. The lowest BCUT2D eigenvalue weighted by Gasteiger charge is -2.15. The molecule has 0 aromatic carbocycles. The molecule has 4 nitrogen and oxygen atoms in total. The normalized spacial score (nSPS) is 13.0. The summed E-state index contributed by atoms with van der Waals surface area (Å²) >= 11 is 1.67. The summed E-state index contributed by atoms with van der Waals surface area (Å²) in [4.78, 5) is 5.52. The quantitative estimate of drug-likeness (QED) is 0.855. The number of hydrogen-bond donors (Lipinski definition) is 1. The number of aryl methyl sites for hydroxylation is 2. The van der Waals surface area contributed by atoms with Crippen LogP contribution in [0.15, 0.2) is 17.8 Å². The third-order valence-corrected chi connectivity index (χ3v) is 3.48. The highest BCUT2D eigenvalue weighted by molar-refractivity contribution is 7.09. The van der Waals surface area contributed by atoms with Crippen molar-refractivity contribution in [3.63, 3.8) is 0 Å². The van der Waals surface area contributed by atoms with E-state index in [0.717, 1.165) is 11.4 Å². The van der Waals surface area contributed by atoms with Crippen LogP contribution in [0.3, 0.4) is 0 Å². The largest absolute Gasteiger partial charge is 0.307 e. The van der Waals surface area contributed by atoms with Crippen molar-refractivity contribution >= 4 is 11.3 Å². The van der Waals surface area contributed by atoms with Crippen molar-refractivity contribution in [2.75, 3.05) is 7.05 Å². The van der Waals surface area contributed by atoms with E-state index in [4.69, 9.17) is 0 Å². The summed E-state index contributed by atoms with van der Waals surface area (Å²) in [6, 6.07) is 2.21. The lowest BCUT2D eigenvalue weighted by Crippen LogP contribution is -2.20. The van der Waals surface area contributed by atoms with Crippen molar-refractivity contribution in [3.8, 4) is 0 Å². The van der Waals surface area contributed by atoms with Gasteiger partial charge in [0, 0.05) is 13.2 Å². The summed E-state index contributed by atoms with van der Waals surface area (Å²) in [7, 11) is 3.91. The Morgan fingerprint density at radius 3 is 2.80 bits per heavy atom. The van der Waals surface area contributed by atoms with E-state index < -0.39 is 0 Å². The Balaban J connectivity index is 2.41. The van der Waals surface area contributed by atoms with Gasteiger partial charge < -0.3 is 5.32 Å². The van der Waals surface area contributed by atoms with Gasteiger partial charge in [-0.15, -0.1) is 11.3 Å². The van der Waals surface area contributed by atoms with E-state index in [1.807, 2.05) is 43.5 Å². The van der Waals surface area contributed by atoms with Gasteiger partial charge in [0.05, 0.1) is 27.8 Å². The fourth-order valence-corrected chi connectivity index (χ4v) is 2.59. The van der Waals surface area contributed by atoms with Crippen LogP contribution in [0.4, 0.5) is 0 Å². The number of nitrogens with one attached hydrogen (secondary N) is 1. The van der Waals surface area contributed by atoms with E-state index in [0.29, 0.717) is 0 Å². The third-order valence-electron chi connectivity index (χ3n) is 2.49. The van der Waals surface area contributed by atoms with Gasteiger partial charge in [-0.05, 0) is 20.0 Å². The van der Waals surface area contributed by atoms with Crippen LogP contribution in [-0.4, -0.2) is 21.8 Å². The van der Waals surface area contributed by atoms with Gasteiger partial charge in [-0.1, -0.05) is 0 Å². The molecule has 2 aromatic rings. The molecule has 0 bridgehead atoms. The smallest absolute Gasteiger partial charge is 0.0858 e. The molecule has 0 radical (unpaired) electrons. The predicted octanol–water partition coefficient (Wildman–Crippen LogP) is 1.49. The van der Waals surface area contributed by atoms with E-state index in [2.05, 4.69) is 15.4 Å². The molecule has 0 saturated heterocycles. The third kappa shape index (κ3) is 1.80. The zero-order valence-electron chi connectivity index (χ0n) is 9.06. The Morgan fingerprint density at radius 1 is 1.53 bits per heavy atom. The summed E-state index contributed by atoms with van der Waals surface area (Å²) in [5, 5.41) is 7.48. The van der Waals surface area contributed by atoms with E-state index >= 15 is 0 Å². The number of rotatable bonds is 3. The van der Waals surface area contributed by atoms with Crippen LogP contribution >= 0.6 is 11.3 Å². The van der Waals surface area contributed by atoms with E-state index in [1.54, 1.807) is 11.3 Å². The Labute approximate surface area is 93.0 Å². The molecule has 0 spiro atoms. The molecule has 1 atom stereocenters. The first-order valence-electron chi connectivity index (χ1n) is 4.79. The standard InChI is InChI=1S/C10H14N4S/c1-7-10(15-6-12-7)9(11-2)8-4-5-13-14(8)3/h4-6,9,11H,1-3H3. The SMILES string of the molecule is CNC(c1scnc1C)c1ccnn1C. The molecule has 0 saturated carbocycles. The highest BCUT2D eigenvalue weighted by Crippen LogP contribution is 2.26. The highest BCUT2D eigenvalue weighted by atomic mass is 32.1. The number of hydrogen-bond acceptors (Lipinski definition) is 4. The lowest BCUT2D eigenvalue weighted by molar-refractivity contribution is 0.610. The zero-order valence-corrected chi connectivity index (χ0v) is 9.88. The molecule has 15 heavy (non-hydrogen) atoms. The minimum atomic E-state index is 0.185. The van der Waals surface area contributed by atoms with E-state index in [9.17, 15) is 0 Å². The molecule has 2 rings (SSSR count). The molecule has 1 N–H and O–H groups in total. The van der Waals surface area contributed by atoms with Crippen LogP contribution in [0.1, 0.15) is 22.3 Å². The summed E-state index contributed by atoms with van der Waals surface area (Å²) in [6.07, 6.45) is 1.82. The van der Waals surface area contributed by atoms with Crippen LogP contribution in [0.25, 0.3) is 0 Å². The molecule has 80 valence electrons. The van der Waals surface area contributed by atoms with Crippen molar-refractivity contribution in [2.24, 2.45) is 7.05 Å². The van der Waals surface area contributed by atoms with Crippen molar-refractivity contribution < 1.29 is 0 Å². The minimum absolute atomic E-state index is 0.185. The zero-order chi connectivity index (χ0) is 10.8. The average Bonchev–Trinajstić information content (AvgIpc) is 2.80. The fraction of sp³-hybridized carbons (Fsp3) is 0.400. The molecular formula is C10H14N4S. The first-order chi connectivity index (χ1) is 7.24. The molecule has 0 aliphatic rings.